The van der Waals surface area contributed by atoms with E-state index in [-0.39, 0.29) is 5.92 Å². The van der Waals surface area contributed by atoms with Gasteiger partial charge in [-0.1, -0.05) is 18.2 Å². The van der Waals surface area contributed by atoms with Crippen LogP contribution in [0.25, 0.3) is 11.0 Å². The molecule has 0 saturated carbocycles. The first kappa shape index (κ1) is 14.1. The van der Waals surface area contributed by atoms with Crippen LogP contribution in [0.3, 0.4) is 0 Å². The molecule has 5 heteroatoms. The summed E-state index contributed by atoms with van der Waals surface area (Å²) in [5.74, 6) is 0.310. The van der Waals surface area contributed by atoms with Crippen LogP contribution in [0.4, 0.5) is 0 Å². The quantitative estimate of drug-likeness (QED) is 0.893. The van der Waals surface area contributed by atoms with E-state index in [1.54, 1.807) is 0 Å². The largest absolute Gasteiger partial charge is 0.460 e. The van der Waals surface area contributed by atoms with Crippen molar-refractivity contribution in [1.29, 1.82) is 0 Å². The number of amides is 1. The number of nitrogens with zero attached hydrogens (tertiary/aromatic N) is 1. The monoisotopic (exact) mass is 288 g/mol. The van der Waals surface area contributed by atoms with Crippen molar-refractivity contribution in [3.63, 3.8) is 0 Å². The molecule has 3 rings (SSSR count). The highest BCUT2D eigenvalue weighted by atomic mass is 16.3. The first-order chi connectivity index (χ1) is 10.1. The van der Waals surface area contributed by atoms with Crippen LogP contribution >= 0.6 is 0 Å². The molecule has 1 aromatic heterocycles. The lowest BCUT2D eigenvalue weighted by molar-refractivity contribution is -0.129. The van der Waals surface area contributed by atoms with Gasteiger partial charge in [0.1, 0.15) is 17.4 Å². The number of carbonyl (C=O) groups excluding carboxylic acids is 1. The van der Waals surface area contributed by atoms with Crippen molar-refractivity contribution in [1.82, 2.24) is 4.90 Å². The molecule has 1 aromatic carbocycles. The number of hydrogen-bond acceptors (Lipinski definition) is 4. The molecule has 0 unspecified atom stereocenters. The van der Waals surface area contributed by atoms with Crippen LogP contribution < -0.4 is 5.73 Å². The van der Waals surface area contributed by atoms with Crippen LogP contribution in [0.5, 0.6) is 0 Å². The van der Waals surface area contributed by atoms with Gasteiger partial charge in [0.2, 0.25) is 5.91 Å². The molecule has 1 atom stereocenters. The number of fused-ring (bicyclic) bond motifs is 1. The number of rotatable bonds is 4. The van der Waals surface area contributed by atoms with Crippen molar-refractivity contribution >= 4 is 16.9 Å². The third kappa shape index (κ3) is 3.09. The van der Waals surface area contributed by atoms with Gasteiger partial charge in [0.25, 0.3) is 0 Å². The molecule has 21 heavy (non-hydrogen) atoms. The fourth-order valence-electron chi connectivity index (χ4n) is 2.99. The Bertz CT molecular complexity index is 596. The van der Waals surface area contributed by atoms with E-state index in [0.29, 0.717) is 0 Å². The number of carbonyl (C=O) groups is 1. The molecular formula is C16H20N2O3. The first-order valence-electron chi connectivity index (χ1n) is 7.30. The zero-order valence-corrected chi connectivity index (χ0v) is 11.9. The predicted molar refractivity (Wildman–Crippen MR) is 79.4 cm³/mol. The van der Waals surface area contributed by atoms with E-state index in [9.17, 15) is 9.90 Å². The molecule has 5 nitrogen and oxygen atoms in total. The van der Waals surface area contributed by atoms with Crippen molar-refractivity contribution in [2.45, 2.75) is 25.5 Å². The third-order valence-corrected chi connectivity index (χ3v) is 4.23. The maximum absolute atomic E-state index is 11.0. The summed E-state index contributed by atoms with van der Waals surface area (Å²) in [6.45, 7) is 2.44. The van der Waals surface area contributed by atoms with Crippen molar-refractivity contribution in [2.75, 3.05) is 13.1 Å². The summed E-state index contributed by atoms with van der Waals surface area (Å²) in [5.41, 5.74) is 6.06. The molecule has 1 aliphatic rings. The summed E-state index contributed by atoms with van der Waals surface area (Å²) in [6, 6.07) is 10.0. The molecule has 1 saturated heterocycles. The van der Waals surface area contributed by atoms with Crippen LogP contribution in [0.1, 0.15) is 18.6 Å². The topological polar surface area (TPSA) is 79.7 Å². The number of benzene rings is 1. The minimum atomic E-state index is -1.02. The smallest absolute Gasteiger partial charge is 0.246 e. The van der Waals surface area contributed by atoms with Gasteiger partial charge in [-0.15, -0.1) is 0 Å². The van der Waals surface area contributed by atoms with E-state index < -0.39 is 12.0 Å². The number of aliphatic hydroxyl groups is 1. The van der Waals surface area contributed by atoms with Crippen LogP contribution in [-0.2, 0) is 11.3 Å². The summed E-state index contributed by atoms with van der Waals surface area (Å²) in [4.78, 5) is 13.3. The second kappa shape index (κ2) is 5.87. The van der Waals surface area contributed by atoms with Crippen LogP contribution in [0.2, 0.25) is 0 Å². The number of para-hydroxylation sites is 1. The lowest BCUT2D eigenvalue weighted by Crippen LogP contribution is -2.42. The Morgan fingerprint density at radius 2 is 2.10 bits per heavy atom. The van der Waals surface area contributed by atoms with Crippen molar-refractivity contribution in [3.8, 4) is 0 Å². The van der Waals surface area contributed by atoms with E-state index >= 15 is 0 Å². The molecular weight excluding hydrogens is 268 g/mol. The van der Waals surface area contributed by atoms with Gasteiger partial charge >= 0.3 is 0 Å². The van der Waals surface area contributed by atoms with Gasteiger partial charge < -0.3 is 15.3 Å². The Labute approximate surface area is 123 Å². The summed E-state index contributed by atoms with van der Waals surface area (Å²) in [6.07, 6.45) is 0.549. The van der Waals surface area contributed by atoms with Gasteiger partial charge in [-0.05, 0) is 44.0 Å². The number of piperidine rings is 1. The fraction of sp³-hybridized carbons (Fsp3) is 0.438. The average molecular weight is 288 g/mol. The first-order valence-corrected chi connectivity index (χ1v) is 7.30. The van der Waals surface area contributed by atoms with Gasteiger partial charge in [-0.2, -0.15) is 0 Å². The third-order valence-electron chi connectivity index (χ3n) is 4.23. The normalized spacial score (nSPS) is 18.9. The van der Waals surface area contributed by atoms with Crippen LogP contribution in [0.15, 0.2) is 34.7 Å². The molecule has 0 aliphatic carbocycles. The number of likely N-dealkylation sites (tertiary alicyclic amines) is 1. The Morgan fingerprint density at radius 1 is 1.38 bits per heavy atom. The second-order valence-electron chi connectivity index (χ2n) is 5.71. The molecule has 2 aromatic rings. The van der Waals surface area contributed by atoms with E-state index in [1.807, 2.05) is 24.3 Å². The maximum Gasteiger partial charge on any atom is 0.246 e. The van der Waals surface area contributed by atoms with Crippen molar-refractivity contribution < 1.29 is 14.3 Å². The lowest BCUT2D eigenvalue weighted by atomic mass is 9.91. The Hall–Kier alpha value is -1.85. The average Bonchev–Trinajstić information content (AvgIpc) is 2.89. The van der Waals surface area contributed by atoms with Gasteiger partial charge in [0, 0.05) is 5.39 Å². The van der Waals surface area contributed by atoms with Gasteiger partial charge in [-0.3, -0.25) is 9.69 Å². The van der Waals surface area contributed by atoms with Gasteiger partial charge in [0.15, 0.2) is 0 Å². The molecule has 112 valence electrons. The van der Waals surface area contributed by atoms with Gasteiger partial charge in [-0.25, -0.2) is 0 Å². The van der Waals surface area contributed by atoms with Crippen LogP contribution in [0, 0.1) is 5.92 Å². The minimum Gasteiger partial charge on any atom is -0.460 e. The highest BCUT2D eigenvalue weighted by Gasteiger charge is 2.28. The Kier molecular flexibility index (Phi) is 3.94. The number of hydrogen-bond donors (Lipinski definition) is 2. The number of primary amides is 1. The Morgan fingerprint density at radius 3 is 2.76 bits per heavy atom. The lowest BCUT2D eigenvalue weighted by Gasteiger charge is -2.32. The van der Waals surface area contributed by atoms with Crippen molar-refractivity contribution in [2.24, 2.45) is 11.7 Å². The van der Waals surface area contributed by atoms with E-state index in [0.717, 1.165) is 49.2 Å². The summed E-state index contributed by atoms with van der Waals surface area (Å²) in [5, 5.41) is 10.8. The van der Waals surface area contributed by atoms with E-state index in [2.05, 4.69) is 11.0 Å². The fourth-order valence-corrected chi connectivity index (χ4v) is 2.99. The number of nitrogens with two attached hydrogens (primary N) is 1. The summed E-state index contributed by atoms with van der Waals surface area (Å²) < 4.78 is 5.82. The van der Waals surface area contributed by atoms with Crippen LogP contribution in [-0.4, -0.2) is 35.1 Å². The van der Waals surface area contributed by atoms with Gasteiger partial charge in [0.05, 0.1) is 6.54 Å². The van der Waals surface area contributed by atoms with E-state index in [4.69, 9.17) is 10.2 Å². The van der Waals surface area contributed by atoms with E-state index in [1.165, 1.54) is 0 Å². The molecule has 1 fully saturated rings. The number of aliphatic hydroxyl groups excluding tert-OH is 1. The molecule has 0 radical (unpaired) electrons. The standard InChI is InChI=1S/C16H20N2O3/c17-16(20)15(19)11-5-7-18(8-6-11)10-13-9-12-3-1-2-4-14(12)21-13/h1-4,9,11,15,19H,5-8,10H2,(H2,17,20)/t15-/m0/s1. The molecule has 1 aliphatic heterocycles. The minimum absolute atomic E-state index is 0.0191. The highest BCUT2D eigenvalue weighted by Crippen LogP contribution is 2.24. The maximum atomic E-state index is 11.0. The zero-order chi connectivity index (χ0) is 14.8. The molecule has 0 spiro atoms. The zero-order valence-electron chi connectivity index (χ0n) is 11.9. The molecule has 2 heterocycles. The second-order valence-corrected chi connectivity index (χ2v) is 5.71. The summed E-state index contributed by atoms with van der Waals surface area (Å²) >= 11 is 0. The SMILES string of the molecule is NC(=O)[C@@H](O)C1CCN(Cc2cc3ccccc3o2)CC1. The highest BCUT2D eigenvalue weighted by molar-refractivity contribution is 5.79. The molecule has 3 N–H and O–H groups in total. The molecule has 0 bridgehead atoms. The Balaban J connectivity index is 1.59. The van der Waals surface area contributed by atoms with Crippen molar-refractivity contribution in [3.05, 3.63) is 36.1 Å². The molecule has 1 amide bonds. The summed E-state index contributed by atoms with van der Waals surface area (Å²) in [7, 11) is 0. The predicted octanol–water partition coefficient (Wildman–Crippen LogP) is 1.49. The number of furan rings is 1.